The number of hydrogen-bond acceptors (Lipinski definition) is 3. The lowest BCUT2D eigenvalue weighted by Crippen LogP contribution is -2.31. The van der Waals surface area contributed by atoms with Gasteiger partial charge in [-0.2, -0.15) is 0 Å². The molecule has 0 saturated carbocycles. The average Bonchev–Trinajstić information content (AvgIpc) is 2.91. The zero-order valence-electron chi connectivity index (χ0n) is 15.1. The van der Waals surface area contributed by atoms with E-state index in [9.17, 15) is 19.5 Å². The molecule has 0 fully saturated rings. The summed E-state index contributed by atoms with van der Waals surface area (Å²) in [6.45, 7) is 6.03. The first-order valence-electron chi connectivity index (χ1n) is 8.84. The van der Waals surface area contributed by atoms with Crippen molar-refractivity contribution in [2.75, 3.05) is 4.90 Å². The minimum atomic E-state index is -1.21. The molecule has 2 aromatic carbocycles. The first-order chi connectivity index (χ1) is 12.4. The van der Waals surface area contributed by atoms with Crippen LogP contribution in [0.5, 0.6) is 0 Å². The summed E-state index contributed by atoms with van der Waals surface area (Å²) in [6.07, 6.45) is 2.22. The van der Waals surface area contributed by atoms with Gasteiger partial charge in [-0.25, -0.2) is 9.69 Å². The maximum absolute atomic E-state index is 13.1. The number of fused-ring (bicyclic) bond motifs is 1. The molecule has 0 atom stereocenters. The van der Waals surface area contributed by atoms with Crippen molar-refractivity contribution in [2.24, 2.45) is 0 Å². The third kappa shape index (κ3) is 2.60. The van der Waals surface area contributed by atoms with Gasteiger partial charge < -0.3 is 5.11 Å². The molecule has 5 heteroatoms. The maximum atomic E-state index is 13.1. The van der Waals surface area contributed by atoms with Gasteiger partial charge in [0, 0.05) is 0 Å². The van der Waals surface area contributed by atoms with Gasteiger partial charge in [-0.1, -0.05) is 39.0 Å². The van der Waals surface area contributed by atoms with E-state index in [0.717, 1.165) is 28.0 Å². The van der Waals surface area contributed by atoms with Gasteiger partial charge in [-0.05, 0) is 48.1 Å². The minimum Gasteiger partial charge on any atom is -0.478 e. The van der Waals surface area contributed by atoms with E-state index >= 15 is 0 Å². The summed E-state index contributed by atoms with van der Waals surface area (Å²) in [5.74, 6) is -2.23. The number of benzene rings is 2. The fourth-order valence-corrected chi connectivity index (χ4v) is 3.53. The van der Waals surface area contributed by atoms with Gasteiger partial charge in [0.05, 0.1) is 22.4 Å². The predicted octanol–water partition coefficient (Wildman–Crippen LogP) is 3.87. The van der Waals surface area contributed by atoms with E-state index in [0.29, 0.717) is 18.5 Å². The van der Waals surface area contributed by atoms with Crippen LogP contribution >= 0.6 is 0 Å². The fourth-order valence-electron chi connectivity index (χ4n) is 3.53. The summed E-state index contributed by atoms with van der Waals surface area (Å²) in [7, 11) is 0. The second-order valence-corrected chi connectivity index (χ2v) is 6.30. The number of hydrogen-bond donors (Lipinski definition) is 1. The van der Waals surface area contributed by atoms with Crippen molar-refractivity contribution in [2.45, 2.75) is 40.0 Å². The number of rotatable bonds is 5. The molecule has 0 radical (unpaired) electrons. The zero-order chi connectivity index (χ0) is 19.0. The molecule has 1 aliphatic heterocycles. The number of carbonyl (C=O) groups excluding carboxylic acids is 2. The van der Waals surface area contributed by atoms with Crippen molar-refractivity contribution in [1.29, 1.82) is 0 Å². The van der Waals surface area contributed by atoms with Crippen molar-refractivity contribution in [3.8, 4) is 0 Å². The average molecular weight is 351 g/mol. The van der Waals surface area contributed by atoms with E-state index in [1.807, 2.05) is 26.0 Å². The van der Waals surface area contributed by atoms with Crippen LogP contribution in [0.25, 0.3) is 0 Å². The molecular weight excluding hydrogens is 330 g/mol. The maximum Gasteiger partial charge on any atom is 0.336 e. The third-order valence-corrected chi connectivity index (χ3v) is 4.87. The molecule has 2 amide bonds. The Morgan fingerprint density at radius 2 is 1.58 bits per heavy atom. The highest BCUT2D eigenvalue weighted by Gasteiger charge is 2.41. The van der Waals surface area contributed by atoms with E-state index in [-0.39, 0.29) is 16.7 Å². The van der Waals surface area contributed by atoms with E-state index in [1.54, 1.807) is 0 Å². The molecule has 0 bridgehead atoms. The molecule has 0 saturated heterocycles. The SMILES string of the molecule is CCc1cc(CC)c(N2C(=O)c3cccc(C(=O)O)c3C2=O)c(CC)c1. The van der Waals surface area contributed by atoms with Gasteiger partial charge in [-0.3, -0.25) is 9.59 Å². The monoisotopic (exact) mass is 351 g/mol. The lowest BCUT2D eigenvalue weighted by molar-refractivity contribution is 0.0692. The van der Waals surface area contributed by atoms with Gasteiger partial charge in [0.2, 0.25) is 0 Å². The summed E-state index contributed by atoms with van der Waals surface area (Å²) < 4.78 is 0. The van der Waals surface area contributed by atoms with E-state index in [4.69, 9.17) is 0 Å². The van der Waals surface area contributed by atoms with Crippen LogP contribution in [0, 0.1) is 0 Å². The summed E-state index contributed by atoms with van der Waals surface area (Å²) >= 11 is 0. The van der Waals surface area contributed by atoms with Gasteiger partial charge in [0.15, 0.2) is 0 Å². The van der Waals surface area contributed by atoms with Crippen LogP contribution in [0.1, 0.15) is 68.5 Å². The molecule has 0 aliphatic carbocycles. The van der Waals surface area contributed by atoms with Crippen LogP contribution in [-0.2, 0) is 19.3 Å². The molecular formula is C21H21NO4. The Kier molecular flexibility index (Phi) is 4.64. The lowest BCUT2D eigenvalue weighted by atomic mass is 9.97. The van der Waals surface area contributed by atoms with E-state index in [1.165, 1.54) is 18.2 Å². The summed E-state index contributed by atoms with van der Waals surface area (Å²) in [5, 5.41) is 9.40. The number of carboxylic acid groups (broad SMARTS) is 1. The number of carboxylic acids is 1. The largest absolute Gasteiger partial charge is 0.478 e. The Morgan fingerprint density at radius 3 is 2.08 bits per heavy atom. The topological polar surface area (TPSA) is 74.7 Å². The van der Waals surface area contributed by atoms with E-state index < -0.39 is 17.8 Å². The normalized spacial score (nSPS) is 13.3. The van der Waals surface area contributed by atoms with Crippen LogP contribution in [0.15, 0.2) is 30.3 Å². The van der Waals surface area contributed by atoms with Crippen LogP contribution in [0.4, 0.5) is 5.69 Å². The number of carbonyl (C=O) groups is 3. The number of aromatic carboxylic acids is 1. The number of amides is 2. The third-order valence-electron chi connectivity index (χ3n) is 4.87. The molecule has 1 N–H and O–H groups in total. The van der Waals surface area contributed by atoms with Crippen molar-refractivity contribution < 1.29 is 19.5 Å². The number of nitrogens with zero attached hydrogens (tertiary/aromatic N) is 1. The van der Waals surface area contributed by atoms with Crippen molar-refractivity contribution in [3.63, 3.8) is 0 Å². The predicted molar refractivity (Wildman–Crippen MR) is 99.1 cm³/mol. The van der Waals surface area contributed by atoms with Gasteiger partial charge in [0.25, 0.3) is 11.8 Å². The van der Waals surface area contributed by atoms with Crippen LogP contribution in [0.3, 0.4) is 0 Å². The Balaban J connectivity index is 2.24. The van der Waals surface area contributed by atoms with Crippen LogP contribution < -0.4 is 4.90 Å². The zero-order valence-corrected chi connectivity index (χ0v) is 15.1. The van der Waals surface area contributed by atoms with Crippen molar-refractivity contribution >= 4 is 23.5 Å². The quantitative estimate of drug-likeness (QED) is 0.830. The molecule has 1 aliphatic rings. The highest BCUT2D eigenvalue weighted by Crippen LogP contribution is 2.36. The minimum absolute atomic E-state index is 0.0197. The Bertz CT molecular complexity index is 905. The molecule has 2 aromatic rings. The number of imide groups is 1. The first-order valence-corrected chi connectivity index (χ1v) is 8.84. The smallest absolute Gasteiger partial charge is 0.336 e. The van der Waals surface area contributed by atoms with Crippen LogP contribution in [0.2, 0.25) is 0 Å². The molecule has 5 nitrogen and oxygen atoms in total. The van der Waals surface area contributed by atoms with Gasteiger partial charge in [0.1, 0.15) is 0 Å². The highest BCUT2D eigenvalue weighted by molar-refractivity contribution is 6.36. The second kappa shape index (κ2) is 6.75. The first kappa shape index (κ1) is 17.9. The molecule has 3 rings (SSSR count). The molecule has 134 valence electrons. The summed E-state index contributed by atoms with van der Waals surface area (Å²) in [5.41, 5.74) is 3.61. The standard InChI is InChI=1S/C21H21NO4/c1-4-12-10-13(5-2)18(14(6-3)11-12)22-19(23)15-8-7-9-16(21(25)26)17(15)20(22)24/h7-11H,4-6H2,1-3H3,(H,25,26). The molecule has 0 spiro atoms. The van der Waals surface area contributed by atoms with E-state index in [2.05, 4.69) is 6.92 Å². The van der Waals surface area contributed by atoms with Gasteiger partial charge >= 0.3 is 5.97 Å². The Hall–Kier alpha value is -2.95. The number of anilines is 1. The number of aryl methyl sites for hydroxylation is 3. The molecule has 0 unspecified atom stereocenters. The van der Waals surface area contributed by atoms with Crippen LogP contribution in [-0.4, -0.2) is 22.9 Å². The second-order valence-electron chi connectivity index (χ2n) is 6.30. The molecule has 0 aromatic heterocycles. The Morgan fingerprint density at radius 1 is 0.962 bits per heavy atom. The summed E-state index contributed by atoms with van der Waals surface area (Å²) in [4.78, 5) is 38.7. The van der Waals surface area contributed by atoms with Gasteiger partial charge in [-0.15, -0.1) is 0 Å². The fraction of sp³-hybridized carbons (Fsp3) is 0.286. The van der Waals surface area contributed by atoms with Crippen molar-refractivity contribution in [1.82, 2.24) is 0 Å². The molecule has 26 heavy (non-hydrogen) atoms. The summed E-state index contributed by atoms with van der Waals surface area (Å²) in [6, 6.07) is 8.42. The Labute approximate surface area is 152 Å². The highest BCUT2D eigenvalue weighted by atomic mass is 16.4. The molecule has 1 heterocycles. The van der Waals surface area contributed by atoms with Crippen molar-refractivity contribution in [3.05, 3.63) is 63.7 Å². The lowest BCUT2D eigenvalue weighted by Gasteiger charge is -2.22.